The van der Waals surface area contributed by atoms with Gasteiger partial charge in [-0.15, -0.1) is 11.8 Å². The summed E-state index contributed by atoms with van der Waals surface area (Å²) in [5.74, 6) is 0.741. The number of hydrogen-bond donors (Lipinski definition) is 1. The molecule has 0 aliphatic carbocycles. The van der Waals surface area contributed by atoms with Gasteiger partial charge in [-0.05, 0) is 43.3 Å². The molecule has 2 aromatic rings. The van der Waals surface area contributed by atoms with E-state index in [1.54, 1.807) is 24.8 Å². The van der Waals surface area contributed by atoms with Crippen LogP contribution in [0.1, 0.15) is 17.2 Å². The van der Waals surface area contributed by atoms with Gasteiger partial charge in [-0.1, -0.05) is 30.3 Å². The van der Waals surface area contributed by atoms with Crippen LogP contribution >= 0.6 is 11.8 Å². The smallest absolute Gasteiger partial charge is 0.126 e. The predicted octanol–water partition coefficient (Wildman–Crippen LogP) is 4.19. The Balaban J connectivity index is 2.05. The fraction of sp³-hybridized carbons (Fsp3) is 0.250. The molecule has 2 rings (SSSR count). The van der Waals surface area contributed by atoms with Crippen LogP contribution in [0.3, 0.4) is 0 Å². The Morgan fingerprint density at radius 1 is 1.16 bits per heavy atom. The number of aryl methyl sites for hydroxylation is 1. The van der Waals surface area contributed by atoms with Gasteiger partial charge in [0.2, 0.25) is 0 Å². The Hall–Kier alpha value is -1.32. The number of rotatable bonds is 5. The number of benzene rings is 2. The lowest BCUT2D eigenvalue weighted by Crippen LogP contribution is -2.18. The van der Waals surface area contributed by atoms with Crippen molar-refractivity contribution in [1.29, 1.82) is 0 Å². The summed E-state index contributed by atoms with van der Waals surface area (Å²) in [6.45, 7) is 1.78. The minimum absolute atomic E-state index is 0.137. The van der Waals surface area contributed by atoms with E-state index in [0.29, 0.717) is 5.56 Å². The zero-order valence-corrected chi connectivity index (χ0v) is 12.0. The summed E-state index contributed by atoms with van der Waals surface area (Å²) in [7, 11) is 1.91. The molecule has 100 valence electrons. The van der Waals surface area contributed by atoms with Gasteiger partial charge >= 0.3 is 0 Å². The van der Waals surface area contributed by atoms with E-state index in [4.69, 9.17) is 0 Å². The highest BCUT2D eigenvalue weighted by molar-refractivity contribution is 7.99. The lowest BCUT2D eigenvalue weighted by atomic mass is 10.1. The van der Waals surface area contributed by atoms with Gasteiger partial charge in [0, 0.05) is 16.7 Å². The van der Waals surface area contributed by atoms with E-state index >= 15 is 0 Å². The van der Waals surface area contributed by atoms with Crippen molar-refractivity contribution in [3.63, 3.8) is 0 Å². The Morgan fingerprint density at radius 2 is 1.89 bits per heavy atom. The molecule has 0 radical (unpaired) electrons. The fourth-order valence-corrected chi connectivity index (χ4v) is 2.94. The van der Waals surface area contributed by atoms with Crippen molar-refractivity contribution < 1.29 is 4.39 Å². The van der Waals surface area contributed by atoms with Crippen LogP contribution in [0.5, 0.6) is 0 Å². The summed E-state index contributed by atoms with van der Waals surface area (Å²) in [6, 6.07) is 15.9. The second-order valence-corrected chi connectivity index (χ2v) is 5.57. The van der Waals surface area contributed by atoms with Gasteiger partial charge in [0.15, 0.2) is 0 Å². The molecule has 1 atom stereocenters. The molecular weight excluding hydrogens is 257 g/mol. The molecule has 1 unspecified atom stereocenters. The first-order chi connectivity index (χ1) is 9.20. The zero-order chi connectivity index (χ0) is 13.7. The molecule has 0 amide bonds. The Labute approximate surface area is 118 Å². The molecule has 19 heavy (non-hydrogen) atoms. The third-order valence-electron chi connectivity index (χ3n) is 3.11. The van der Waals surface area contributed by atoms with Crippen LogP contribution < -0.4 is 5.32 Å². The van der Waals surface area contributed by atoms with Crippen molar-refractivity contribution in [3.8, 4) is 0 Å². The van der Waals surface area contributed by atoms with Crippen LogP contribution in [0.25, 0.3) is 0 Å². The van der Waals surface area contributed by atoms with Crippen LogP contribution in [-0.4, -0.2) is 12.8 Å². The number of hydrogen-bond acceptors (Lipinski definition) is 2. The Kier molecular flexibility index (Phi) is 5.00. The summed E-state index contributed by atoms with van der Waals surface area (Å²) in [4.78, 5) is 1.23. The van der Waals surface area contributed by atoms with Gasteiger partial charge in [0.05, 0.1) is 0 Å². The van der Waals surface area contributed by atoms with E-state index in [2.05, 4.69) is 17.4 Å². The molecule has 0 aliphatic heterocycles. The second-order valence-electron chi connectivity index (χ2n) is 4.47. The van der Waals surface area contributed by atoms with Gasteiger partial charge in [-0.25, -0.2) is 4.39 Å². The van der Waals surface area contributed by atoms with Gasteiger partial charge in [-0.2, -0.15) is 0 Å². The Bertz CT molecular complexity index is 528. The average molecular weight is 275 g/mol. The molecule has 1 N–H and O–H groups in total. The van der Waals surface area contributed by atoms with E-state index in [0.717, 1.165) is 11.3 Å². The molecule has 0 bridgehead atoms. The second kappa shape index (κ2) is 6.73. The molecule has 1 nitrogen and oxygen atoms in total. The van der Waals surface area contributed by atoms with Crippen molar-refractivity contribution in [2.75, 3.05) is 12.8 Å². The molecular formula is C16H18FNS. The van der Waals surface area contributed by atoms with E-state index in [1.807, 2.05) is 37.4 Å². The molecule has 0 saturated carbocycles. The van der Waals surface area contributed by atoms with Gasteiger partial charge in [0.1, 0.15) is 5.82 Å². The first-order valence-corrected chi connectivity index (χ1v) is 7.30. The maximum atomic E-state index is 13.6. The lowest BCUT2D eigenvalue weighted by Gasteiger charge is -2.17. The number of thioether (sulfide) groups is 1. The van der Waals surface area contributed by atoms with Gasteiger partial charge in [-0.3, -0.25) is 0 Å². The van der Waals surface area contributed by atoms with E-state index in [-0.39, 0.29) is 11.9 Å². The quantitative estimate of drug-likeness (QED) is 0.821. The third-order valence-corrected chi connectivity index (χ3v) is 4.21. The van der Waals surface area contributed by atoms with E-state index in [9.17, 15) is 4.39 Å². The highest BCUT2D eigenvalue weighted by atomic mass is 32.2. The SMILES string of the molecule is CNC(CSc1ccccc1)c1ccc(C)c(F)c1. The minimum atomic E-state index is -0.137. The molecule has 0 aliphatic rings. The minimum Gasteiger partial charge on any atom is -0.312 e. The highest BCUT2D eigenvalue weighted by Crippen LogP contribution is 2.25. The van der Waals surface area contributed by atoms with Crippen molar-refractivity contribution >= 4 is 11.8 Å². The van der Waals surface area contributed by atoms with Crippen LogP contribution in [-0.2, 0) is 0 Å². The van der Waals surface area contributed by atoms with E-state index < -0.39 is 0 Å². The average Bonchev–Trinajstić information content (AvgIpc) is 2.44. The molecule has 0 spiro atoms. The summed E-state index contributed by atoms with van der Waals surface area (Å²) in [6.07, 6.45) is 0. The van der Waals surface area contributed by atoms with Crippen molar-refractivity contribution in [3.05, 3.63) is 65.5 Å². The molecule has 3 heteroatoms. The van der Waals surface area contributed by atoms with Crippen LogP contribution in [0.4, 0.5) is 4.39 Å². The maximum absolute atomic E-state index is 13.6. The van der Waals surface area contributed by atoms with E-state index in [1.165, 1.54) is 4.90 Å². The summed E-state index contributed by atoms with van der Waals surface area (Å²) >= 11 is 1.77. The van der Waals surface area contributed by atoms with Crippen LogP contribution in [0.2, 0.25) is 0 Å². The maximum Gasteiger partial charge on any atom is 0.126 e. The molecule has 0 saturated heterocycles. The van der Waals surface area contributed by atoms with Crippen LogP contribution in [0, 0.1) is 12.7 Å². The summed E-state index contributed by atoms with van der Waals surface area (Å²) < 4.78 is 13.6. The Morgan fingerprint density at radius 3 is 2.53 bits per heavy atom. The number of nitrogens with one attached hydrogen (secondary N) is 1. The third kappa shape index (κ3) is 3.82. The predicted molar refractivity (Wildman–Crippen MR) is 80.1 cm³/mol. The molecule has 0 aromatic heterocycles. The standard InChI is InChI=1S/C16H18FNS/c1-12-8-9-13(10-15(12)17)16(18-2)11-19-14-6-4-3-5-7-14/h3-10,16,18H,11H2,1-2H3. The zero-order valence-electron chi connectivity index (χ0n) is 11.2. The highest BCUT2D eigenvalue weighted by Gasteiger charge is 2.11. The summed E-state index contributed by atoms with van der Waals surface area (Å²) in [5.41, 5.74) is 1.68. The van der Waals surface area contributed by atoms with Crippen molar-refractivity contribution in [2.24, 2.45) is 0 Å². The normalized spacial score (nSPS) is 12.4. The topological polar surface area (TPSA) is 12.0 Å². The van der Waals surface area contributed by atoms with Gasteiger partial charge in [0.25, 0.3) is 0 Å². The molecule has 0 fully saturated rings. The lowest BCUT2D eigenvalue weighted by molar-refractivity contribution is 0.603. The monoisotopic (exact) mass is 275 g/mol. The fourth-order valence-electron chi connectivity index (χ4n) is 1.87. The first-order valence-electron chi connectivity index (χ1n) is 6.32. The van der Waals surface area contributed by atoms with Gasteiger partial charge < -0.3 is 5.32 Å². The molecule has 0 heterocycles. The van der Waals surface area contributed by atoms with Crippen LogP contribution in [0.15, 0.2) is 53.4 Å². The van der Waals surface area contributed by atoms with Crippen molar-refractivity contribution in [2.45, 2.75) is 17.9 Å². The first kappa shape index (κ1) is 14.1. The van der Waals surface area contributed by atoms with Crippen molar-refractivity contribution in [1.82, 2.24) is 5.32 Å². The largest absolute Gasteiger partial charge is 0.312 e. The summed E-state index contributed by atoms with van der Waals surface area (Å²) in [5, 5.41) is 3.25. The number of halogens is 1. The molecule has 2 aromatic carbocycles.